The summed E-state index contributed by atoms with van der Waals surface area (Å²) in [5.74, 6) is -0.838. The zero-order valence-corrected chi connectivity index (χ0v) is 22.5. The average molecular weight is 535 g/mol. The Morgan fingerprint density at radius 2 is 1.82 bits per heavy atom. The highest BCUT2D eigenvalue weighted by atomic mass is 16.6. The van der Waals surface area contributed by atoms with Gasteiger partial charge in [0, 0.05) is 12.0 Å². The van der Waals surface area contributed by atoms with Crippen molar-refractivity contribution in [2.24, 2.45) is 0 Å². The lowest BCUT2D eigenvalue weighted by molar-refractivity contribution is -0.119. The third kappa shape index (κ3) is 6.00. The zero-order valence-electron chi connectivity index (χ0n) is 22.5. The minimum Gasteiger partial charge on any atom is -0.465 e. The fraction of sp³-hybridized carbons (Fsp3) is 0.345. The molecule has 0 radical (unpaired) electrons. The van der Waals surface area contributed by atoms with Crippen molar-refractivity contribution in [1.29, 1.82) is 0 Å². The van der Waals surface area contributed by atoms with Crippen LogP contribution in [0.25, 0.3) is 0 Å². The van der Waals surface area contributed by atoms with Gasteiger partial charge in [0.1, 0.15) is 23.2 Å². The van der Waals surface area contributed by atoms with Gasteiger partial charge in [0.25, 0.3) is 5.56 Å². The van der Waals surface area contributed by atoms with Crippen LogP contribution in [-0.4, -0.2) is 44.8 Å². The SMILES string of the molecule is C=CCN(C(=O)O)c1cnc2n(c1=O)[C@H](C(=O)Nc1ccccc1C(=O)OC(C)(C)C)CC2(CC=C)CC=C. The van der Waals surface area contributed by atoms with Gasteiger partial charge in [0.15, 0.2) is 0 Å². The van der Waals surface area contributed by atoms with Crippen LogP contribution in [0.1, 0.15) is 62.3 Å². The number of amides is 2. The minimum absolute atomic E-state index is 0.143. The Kier molecular flexibility index (Phi) is 8.58. The number of carboxylic acid groups (broad SMARTS) is 1. The summed E-state index contributed by atoms with van der Waals surface area (Å²) < 4.78 is 6.73. The van der Waals surface area contributed by atoms with Crippen LogP contribution < -0.4 is 15.8 Å². The number of allylic oxidation sites excluding steroid dienone is 2. The number of nitrogens with zero attached hydrogens (tertiary/aromatic N) is 3. The molecule has 1 aromatic carbocycles. The molecule has 10 nitrogen and oxygen atoms in total. The van der Waals surface area contributed by atoms with Gasteiger partial charge in [-0.05, 0) is 52.2 Å². The number of para-hydroxylation sites is 1. The van der Waals surface area contributed by atoms with Crippen molar-refractivity contribution in [3.8, 4) is 0 Å². The quantitative estimate of drug-likeness (QED) is 0.329. The molecule has 0 unspecified atom stereocenters. The highest BCUT2D eigenvalue weighted by Crippen LogP contribution is 2.45. The molecule has 0 bridgehead atoms. The van der Waals surface area contributed by atoms with Crippen LogP contribution in [-0.2, 0) is 14.9 Å². The average Bonchev–Trinajstić information content (AvgIpc) is 3.17. The second-order valence-corrected chi connectivity index (χ2v) is 10.3. The Morgan fingerprint density at radius 3 is 2.38 bits per heavy atom. The number of carbonyl (C=O) groups is 3. The Hall–Kier alpha value is -4.47. The molecule has 0 aliphatic carbocycles. The van der Waals surface area contributed by atoms with E-state index in [4.69, 9.17) is 4.74 Å². The van der Waals surface area contributed by atoms with Crippen LogP contribution in [0.2, 0.25) is 0 Å². The van der Waals surface area contributed by atoms with Crippen molar-refractivity contribution < 1.29 is 24.2 Å². The molecule has 0 saturated heterocycles. The Morgan fingerprint density at radius 1 is 1.18 bits per heavy atom. The van der Waals surface area contributed by atoms with Crippen molar-refractivity contribution in [2.75, 3.05) is 16.8 Å². The molecule has 2 amide bonds. The van der Waals surface area contributed by atoms with Gasteiger partial charge in [-0.3, -0.25) is 19.1 Å². The van der Waals surface area contributed by atoms with Gasteiger partial charge in [0.05, 0.1) is 17.4 Å². The summed E-state index contributed by atoms with van der Waals surface area (Å²) in [4.78, 5) is 57.6. The number of rotatable bonds is 10. The third-order valence-corrected chi connectivity index (χ3v) is 6.36. The molecular formula is C29H34N4O6. The zero-order chi connectivity index (χ0) is 29.0. The maximum Gasteiger partial charge on any atom is 0.412 e. The van der Waals surface area contributed by atoms with Crippen molar-refractivity contribution >= 4 is 29.3 Å². The fourth-order valence-corrected chi connectivity index (χ4v) is 4.80. The molecular weight excluding hydrogens is 500 g/mol. The van der Waals surface area contributed by atoms with Crippen LogP contribution in [0.4, 0.5) is 16.2 Å². The number of hydrogen-bond acceptors (Lipinski definition) is 6. The molecule has 2 aromatic rings. The summed E-state index contributed by atoms with van der Waals surface area (Å²) in [6.45, 7) is 16.3. The molecule has 0 spiro atoms. The number of nitrogens with one attached hydrogen (secondary N) is 1. The highest BCUT2D eigenvalue weighted by Gasteiger charge is 2.48. The van der Waals surface area contributed by atoms with E-state index in [9.17, 15) is 24.3 Å². The smallest absolute Gasteiger partial charge is 0.412 e. The lowest BCUT2D eigenvalue weighted by Gasteiger charge is -2.26. The van der Waals surface area contributed by atoms with E-state index >= 15 is 0 Å². The van der Waals surface area contributed by atoms with E-state index in [2.05, 4.69) is 30.0 Å². The molecule has 10 heteroatoms. The standard InChI is InChI=1S/C29H34N4O6/c1-7-14-29(15-8-2)17-21(33-24(35)22(18-30-26(29)33)32(16-9-3)27(37)38)23(34)31-20-13-11-10-12-19(20)25(36)39-28(4,5)6/h7-13,18,21H,1-3,14-17H2,4-6H3,(H,31,34)(H,37,38)/t21-/m0/s1. The number of carbonyl (C=O) groups excluding carboxylic acids is 2. The molecule has 1 aliphatic rings. The summed E-state index contributed by atoms with van der Waals surface area (Å²) in [7, 11) is 0. The van der Waals surface area contributed by atoms with E-state index < -0.39 is 40.6 Å². The van der Waals surface area contributed by atoms with Crippen molar-refractivity contribution in [2.45, 2.75) is 57.1 Å². The summed E-state index contributed by atoms with van der Waals surface area (Å²) in [6, 6.07) is 5.38. The van der Waals surface area contributed by atoms with E-state index in [1.165, 1.54) is 22.9 Å². The van der Waals surface area contributed by atoms with E-state index in [0.29, 0.717) is 18.7 Å². The normalized spacial score (nSPS) is 15.5. The van der Waals surface area contributed by atoms with Crippen LogP contribution in [0.3, 0.4) is 0 Å². The predicted molar refractivity (Wildman–Crippen MR) is 149 cm³/mol. The third-order valence-electron chi connectivity index (χ3n) is 6.36. The van der Waals surface area contributed by atoms with Crippen molar-refractivity contribution in [3.63, 3.8) is 0 Å². The Balaban J connectivity index is 2.12. The first kappa shape index (κ1) is 29.1. The lowest BCUT2D eigenvalue weighted by atomic mass is 9.77. The molecule has 1 aliphatic heterocycles. The van der Waals surface area contributed by atoms with E-state index in [1.54, 1.807) is 51.1 Å². The van der Waals surface area contributed by atoms with Crippen LogP contribution >= 0.6 is 0 Å². The molecule has 0 fully saturated rings. The summed E-state index contributed by atoms with van der Waals surface area (Å²) in [6.07, 6.45) is 5.57. The molecule has 206 valence electrons. The highest BCUT2D eigenvalue weighted by molar-refractivity contribution is 6.02. The number of benzene rings is 1. The second kappa shape index (κ2) is 11.5. The van der Waals surface area contributed by atoms with Gasteiger partial charge < -0.3 is 15.2 Å². The van der Waals surface area contributed by atoms with Crippen molar-refractivity contribution in [1.82, 2.24) is 9.55 Å². The topological polar surface area (TPSA) is 131 Å². The first-order chi connectivity index (χ1) is 18.4. The minimum atomic E-state index is -1.36. The molecule has 1 aromatic heterocycles. The second-order valence-electron chi connectivity index (χ2n) is 10.3. The maximum atomic E-state index is 13.8. The first-order valence-corrected chi connectivity index (χ1v) is 12.5. The van der Waals surface area contributed by atoms with Gasteiger partial charge in [-0.2, -0.15) is 0 Å². The summed E-state index contributed by atoms with van der Waals surface area (Å²) >= 11 is 0. The fourth-order valence-electron chi connectivity index (χ4n) is 4.80. The van der Waals surface area contributed by atoms with Gasteiger partial charge in [-0.25, -0.2) is 14.6 Å². The number of fused-ring (bicyclic) bond motifs is 1. The number of anilines is 2. The summed E-state index contributed by atoms with van der Waals surface area (Å²) in [5, 5.41) is 12.5. The maximum absolute atomic E-state index is 13.8. The van der Waals surface area contributed by atoms with E-state index in [-0.39, 0.29) is 29.9 Å². The lowest BCUT2D eigenvalue weighted by Crippen LogP contribution is -2.39. The molecule has 2 N–H and O–H groups in total. The number of esters is 1. The van der Waals surface area contributed by atoms with Gasteiger partial charge in [-0.1, -0.05) is 30.4 Å². The van der Waals surface area contributed by atoms with Crippen LogP contribution in [0, 0.1) is 0 Å². The predicted octanol–water partition coefficient (Wildman–Crippen LogP) is 4.84. The number of hydrogen-bond donors (Lipinski definition) is 2. The van der Waals surface area contributed by atoms with E-state index in [1.807, 2.05) is 0 Å². The van der Waals surface area contributed by atoms with E-state index in [0.717, 1.165) is 4.90 Å². The van der Waals surface area contributed by atoms with Crippen LogP contribution in [0.15, 0.2) is 73.2 Å². The largest absolute Gasteiger partial charge is 0.465 e. The molecule has 39 heavy (non-hydrogen) atoms. The van der Waals surface area contributed by atoms with Gasteiger partial charge in [0.2, 0.25) is 5.91 Å². The Labute approximate surface area is 227 Å². The number of ether oxygens (including phenoxy) is 1. The van der Waals surface area contributed by atoms with Gasteiger partial charge in [-0.15, -0.1) is 19.7 Å². The Bertz CT molecular complexity index is 1360. The van der Waals surface area contributed by atoms with Crippen LogP contribution in [0.5, 0.6) is 0 Å². The first-order valence-electron chi connectivity index (χ1n) is 12.5. The number of aromatic nitrogens is 2. The molecule has 0 saturated carbocycles. The molecule has 3 rings (SSSR count). The van der Waals surface area contributed by atoms with Gasteiger partial charge >= 0.3 is 12.1 Å². The summed E-state index contributed by atoms with van der Waals surface area (Å²) in [5.41, 5.74) is -2.01. The molecule has 1 atom stereocenters. The monoisotopic (exact) mass is 534 g/mol. The van der Waals surface area contributed by atoms with Crippen molar-refractivity contribution in [3.05, 3.63) is 90.2 Å². The molecule has 2 heterocycles.